The monoisotopic (exact) mass is 306 g/mol. The molecule has 1 aromatic carbocycles. The summed E-state index contributed by atoms with van der Waals surface area (Å²) < 4.78 is 11.3. The number of pyridine rings is 1. The van der Waals surface area contributed by atoms with Crippen molar-refractivity contribution >= 4 is 11.6 Å². The summed E-state index contributed by atoms with van der Waals surface area (Å²) in [5.41, 5.74) is 0.763. The average molecular weight is 307 g/mol. The number of nitrogens with one attached hydrogen (secondary N) is 1. The molecule has 4 nitrogen and oxygen atoms in total. The quantitative estimate of drug-likeness (QED) is 0.838. The predicted molar refractivity (Wildman–Crippen MR) is 84.3 cm³/mol. The van der Waals surface area contributed by atoms with Gasteiger partial charge in [-0.3, -0.25) is 0 Å². The van der Waals surface area contributed by atoms with Crippen molar-refractivity contribution in [1.82, 2.24) is 10.3 Å². The van der Waals surface area contributed by atoms with Gasteiger partial charge in [0.1, 0.15) is 11.5 Å². The Kier molecular flexibility index (Phi) is 5.84. The van der Waals surface area contributed by atoms with Crippen LogP contribution in [0.4, 0.5) is 0 Å². The van der Waals surface area contributed by atoms with Gasteiger partial charge in [-0.15, -0.1) is 0 Å². The SMILES string of the molecule is CCCOc1ccc(Oc2ccc(Cl)c(CNC)n2)cc1. The number of aromatic nitrogens is 1. The molecule has 2 rings (SSSR count). The van der Waals surface area contributed by atoms with Crippen LogP contribution in [0, 0.1) is 0 Å². The lowest BCUT2D eigenvalue weighted by atomic mass is 10.3. The summed E-state index contributed by atoms with van der Waals surface area (Å²) >= 11 is 6.07. The highest BCUT2D eigenvalue weighted by Crippen LogP contribution is 2.25. The summed E-state index contributed by atoms with van der Waals surface area (Å²) in [6.45, 7) is 3.39. The Morgan fingerprint density at radius 1 is 1.10 bits per heavy atom. The molecule has 0 fully saturated rings. The number of nitrogens with zero attached hydrogens (tertiary/aromatic N) is 1. The van der Waals surface area contributed by atoms with Gasteiger partial charge in [0.15, 0.2) is 0 Å². The minimum atomic E-state index is 0.520. The molecule has 1 heterocycles. The Balaban J connectivity index is 2.05. The second kappa shape index (κ2) is 7.86. The van der Waals surface area contributed by atoms with Gasteiger partial charge in [-0.1, -0.05) is 18.5 Å². The summed E-state index contributed by atoms with van der Waals surface area (Å²) in [5, 5.41) is 3.65. The van der Waals surface area contributed by atoms with Crippen molar-refractivity contribution in [3.8, 4) is 17.4 Å². The summed E-state index contributed by atoms with van der Waals surface area (Å²) in [6, 6.07) is 11.0. The Morgan fingerprint density at radius 2 is 1.81 bits per heavy atom. The van der Waals surface area contributed by atoms with Crippen LogP contribution in [0.15, 0.2) is 36.4 Å². The molecular weight excluding hydrogens is 288 g/mol. The topological polar surface area (TPSA) is 43.4 Å². The number of hydrogen-bond donors (Lipinski definition) is 1. The van der Waals surface area contributed by atoms with Crippen LogP contribution in [0.2, 0.25) is 5.02 Å². The minimum Gasteiger partial charge on any atom is -0.494 e. The van der Waals surface area contributed by atoms with Crippen LogP contribution in [0.25, 0.3) is 0 Å². The zero-order valence-corrected chi connectivity index (χ0v) is 13.0. The lowest BCUT2D eigenvalue weighted by Gasteiger charge is -2.09. The number of halogens is 1. The molecule has 0 amide bonds. The van der Waals surface area contributed by atoms with E-state index in [2.05, 4.69) is 17.2 Å². The van der Waals surface area contributed by atoms with Gasteiger partial charge in [-0.25, -0.2) is 4.98 Å². The van der Waals surface area contributed by atoms with E-state index in [0.29, 0.717) is 29.8 Å². The van der Waals surface area contributed by atoms with E-state index in [4.69, 9.17) is 21.1 Å². The van der Waals surface area contributed by atoms with Crippen LogP contribution in [0.5, 0.6) is 17.4 Å². The standard InChI is InChI=1S/C16H19ClN2O2/c1-3-10-20-12-4-6-13(7-5-12)21-16-9-8-14(17)15(19-16)11-18-2/h4-9,18H,3,10-11H2,1-2H3. The lowest BCUT2D eigenvalue weighted by molar-refractivity contribution is 0.317. The maximum Gasteiger partial charge on any atom is 0.219 e. The van der Waals surface area contributed by atoms with Crippen LogP contribution in [0.3, 0.4) is 0 Å². The van der Waals surface area contributed by atoms with Crippen molar-refractivity contribution in [3.63, 3.8) is 0 Å². The van der Waals surface area contributed by atoms with Crippen LogP contribution in [-0.4, -0.2) is 18.6 Å². The summed E-state index contributed by atoms with van der Waals surface area (Å²) in [4.78, 5) is 4.38. The number of benzene rings is 1. The molecule has 5 heteroatoms. The van der Waals surface area contributed by atoms with Gasteiger partial charge in [0.2, 0.25) is 5.88 Å². The van der Waals surface area contributed by atoms with E-state index >= 15 is 0 Å². The first-order valence-corrected chi connectivity index (χ1v) is 7.31. The van der Waals surface area contributed by atoms with E-state index in [-0.39, 0.29) is 0 Å². The van der Waals surface area contributed by atoms with Crippen molar-refractivity contribution in [2.45, 2.75) is 19.9 Å². The molecule has 0 spiro atoms. The largest absolute Gasteiger partial charge is 0.494 e. The van der Waals surface area contributed by atoms with Crippen molar-refractivity contribution in [2.75, 3.05) is 13.7 Å². The highest BCUT2D eigenvalue weighted by molar-refractivity contribution is 6.31. The van der Waals surface area contributed by atoms with E-state index in [1.165, 1.54) is 0 Å². The molecule has 0 aliphatic rings. The highest BCUT2D eigenvalue weighted by Gasteiger charge is 2.05. The van der Waals surface area contributed by atoms with Crippen molar-refractivity contribution < 1.29 is 9.47 Å². The molecule has 0 atom stereocenters. The Morgan fingerprint density at radius 3 is 2.48 bits per heavy atom. The fraction of sp³-hybridized carbons (Fsp3) is 0.312. The Hall–Kier alpha value is -1.78. The van der Waals surface area contributed by atoms with Gasteiger partial charge in [-0.05, 0) is 43.8 Å². The first-order chi connectivity index (χ1) is 10.2. The maximum absolute atomic E-state index is 6.07. The van der Waals surface area contributed by atoms with Crippen LogP contribution < -0.4 is 14.8 Å². The van der Waals surface area contributed by atoms with Crippen molar-refractivity contribution in [1.29, 1.82) is 0 Å². The maximum atomic E-state index is 6.07. The molecule has 2 aromatic rings. The van der Waals surface area contributed by atoms with Crippen LogP contribution >= 0.6 is 11.6 Å². The first-order valence-electron chi connectivity index (χ1n) is 6.93. The number of rotatable bonds is 7. The van der Waals surface area contributed by atoms with Gasteiger partial charge in [-0.2, -0.15) is 0 Å². The first kappa shape index (κ1) is 15.6. The normalized spacial score (nSPS) is 10.4. The van der Waals surface area contributed by atoms with Crippen molar-refractivity contribution in [3.05, 3.63) is 47.1 Å². The molecule has 0 aliphatic heterocycles. The van der Waals surface area contributed by atoms with E-state index in [1.54, 1.807) is 12.1 Å². The molecule has 1 aromatic heterocycles. The summed E-state index contributed by atoms with van der Waals surface area (Å²) in [7, 11) is 1.85. The van der Waals surface area contributed by atoms with Gasteiger partial charge in [0.25, 0.3) is 0 Å². The molecule has 0 saturated carbocycles. The van der Waals surface area contributed by atoms with E-state index in [1.807, 2.05) is 31.3 Å². The zero-order valence-electron chi connectivity index (χ0n) is 12.2. The van der Waals surface area contributed by atoms with Crippen molar-refractivity contribution in [2.24, 2.45) is 0 Å². The lowest BCUT2D eigenvalue weighted by Crippen LogP contribution is -2.07. The van der Waals surface area contributed by atoms with E-state index in [0.717, 1.165) is 17.9 Å². The van der Waals surface area contributed by atoms with Gasteiger partial charge in [0, 0.05) is 12.6 Å². The van der Waals surface area contributed by atoms with E-state index in [9.17, 15) is 0 Å². The summed E-state index contributed by atoms with van der Waals surface area (Å²) in [6.07, 6.45) is 0.987. The second-order valence-corrected chi connectivity index (χ2v) is 4.94. The second-order valence-electron chi connectivity index (χ2n) is 4.53. The number of ether oxygens (including phenoxy) is 2. The van der Waals surface area contributed by atoms with Crippen LogP contribution in [0.1, 0.15) is 19.0 Å². The highest BCUT2D eigenvalue weighted by atomic mass is 35.5. The predicted octanol–water partition coefficient (Wildman–Crippen LogP) is 4.04. The molecule has 0 saturated heterocycles. The Labute approximate surface area is 130 Å². The molecule has 1 N–H and O–H groups in total. The molecule has 0 bridgehead atoms. The van der Waals surface area contributed by atoms with Gasteiger partial charge >= 0.3 is 0 Å². The average Bonchev–Trinajstić information content (AvgIpc) is 2.50. The Bertz CT molecular complexity index is 573. The third kappa shape index (κ3) is 4.62. The number of hydrogen-bond acceptors (Lipinski definition) is 4. The van der Waals surface area contributed by atoms with Gasteiger partial charge in [0.05, 0.1) is 17.3 Å². The molecule has 0 aliphatic carbocycles. The summed E-state index contributed by atoms with van der Waals surface area (Å²) in [5.74, 6) is 2.07. The third-order valence-corrected chi connectivity index (χ3v) is 3.10. The van der Waals surface area contributed by atoms with E-state index < -0.39 is 0 Å². The molecule has 21 heavy (non-hydrogen) atoms. The molecule has 112 valence electrons. The fourth-order valence-electron chi connectivity index (χ4n) is 1.76. The molecule has 0 unspecified atom stereocenters. The minimum absolute atomic E-state index is 0.520. The smallest absolute Gasteiger partial charge is 0.219 e. The zero-order chi connectivity index (χ0) is 15.1. The van der Waals surface area contributed by atoms with Crippen LogP contribution in [-0.2, 0) is 6.54 Å². The molecular formula is C16H19ClN2O2. The molecule has 0 radical (unpaired) electrons. The third-order valence-electron chi connectivity index (χ3n) is 2.76. The van der Waals surface area contributed by atoms with Gasteiger partial charge < -0.3 is 14.8 Å². The fourth-order valence-corrected chi connectivity index (χ4v) is 1.93.